The second kappa shape index (κ2) is 7.63. The molecule has 8 heteroatoms. The molecule has 128 valence electrons. The van der Waals surface area contributed by atoms with E-state index >= 15 is 0 Å². The highest BCUT2D eigenvalue weighted by Gasteiger charge is 2.05. The van der Waals surface area contributed by atoms with Crippen LogP contribution in [-0.2, 0) is 4.79 Å². The van der Waals surface area contributed by atoms with E-state index in [0.717, 1.165) is 10.2 Å². The van der Waals surface area contributed by atoms with E-state index < -0.39 is 0 Å². The molecule has 0 spiro atoms. The van der Waals surface area contributed by atoms with Crippen molar-refractivity contribution < 1.29 is 14.6 Å². The Kier molecular flexibility index (Phi) is 5.10. The zero-order valence-corrected chi connectivity index (χ0v) is 14.2. The van der Waals surface area contributed by atoms with Crippen molar-refractivity contribution in [2.24, 2.45) is 5.10 Å². The van der Waals surface area contributed by atoms with Crippen LogP contribution in [0, 0.1) is 0 Å². The molecule has 0 bridgehead atoms. The molecule has 0 fully saturated rings. The third kappa shape index (κ3) is 4.24. The Hall–Kier alpha value is -3.13. The molecule has 1 aromatic heterocycles. The van der Waals surface area contributed by atoms with Gasteiger partial charge in [0, 0.05) is 0 Å². The van der Waals surface area contributed by atoms with E-state index in [9.17, 15) is 9.90 Å². The van der Waals surface area contributed by atoms with E-state index in [2.05, 4.69) is 20.8 Å². The third-order valence-electron chi connectivity index (χ3n) is 3.30. The number of nitrogens with zero attached hydrogens (tertiary/aromatic N) is 2. The Morgan fingerprint density at radius 1 is 1.36 bits per heavy atom. The van der Waals surface area contributed by atoms with Gasteiger partial charge in [0.1, 0.15) is 0 Å². The molecule has 3 aromatic rings. The number of nitrogens with one attached hydrogen (secondary N) is 2. The Bertz CT molecular complexity index is 890. The minimum absolute atomic E-state index is 0.00952. The lowest BCUT2D eigenvalue weighted by Gasteiger charge is -2.03. The number of thiazole rings is 1. The SMILES string of the molecule is COc1ccc(/C=N\NC(=O)CNc2nc3ccccc3s2)cc1O. The molecule has 0 aliphatic rings. The molecule has 3 N–H and O–H groups in total. The maximum absolute atomic E-state index is 11.8. The first-order valence-corrected chi connectivity index (χ1v) is 8.26. The van der Waals surface area contributed by atoms with E-state index in [-0.39, 0.29) is 18.2 Å². The van der Waals surface area contributed by atoms with Crippen molar-refractivity contribution in [3.05, 3.63) is 48.0 Å². The van der Waals surface area contributed by atoms with Crippen molar-refractivity contribution in [1.82, 2.24) is 10.4 Å². The fourth-order valence-corrected chi connectivity index (χ4v) is 2.97. The molecule has 0 radical (unpaired) electrons. The number of benzene rings is 2. The van der Waals surface area contributed by atoms with Gasteiger partial charge in [0.15, 0.2) is 16.6 Å². The Morgan fingerprint density at radius 2 is 2.20 bits per heavy atom. The monoisotopic (exact) mass is 356 g/mol. The maximum atomic E-state index is 11.8. The largest absolute Gasteiger partial charge is 0.504 e. The number of ether oxygens (including phenoxy) is 1. The topological polar surface area (TPSA) is 95.8 Å². The molecule has 1 heterocycles. The summed E-state index contributed by atoms with van der Waals surface area (Å²) in [5, 5.41) is 17.2. The molecule has 0 unspecified atom stereocenters. The molecule has 7 nitrogen and oxygen atoms in total. The molecule has 0 aliphatic carbocycles. The quantitative estimate of drug-likeness (QED) is 0.466. The average Bonchev–Trinajstić information content (AvgIpc) is 3.03. The van der Waals surface area contributed by atoms with Gasteiger partial charge in [-0.1, -0.05) is 23.5 Å². The van der Waals surface area contributed by atoms with Gasteiger partial charge < -0.3 is 15.2 Å². The highest BCUT2D eigenvalue weighted by atomic mass is 32.1. The van der Waals surface area contributed by atoms with Crippen LogP contribution < -0.4 is 15.5 Å². The van der Waals surface area contributed by atoms with Gasteiger partial charge in [0.2, 0.25) is 0 Å². The smallest absolute Gasteiger partial charge is 0.259 e. The Balaban J connectivity index is 1.51. The van der Waals surface area contributed by atoms with E-state index in [4.69, 9.17) is 4.74 Å². The first-order chi connectivity index (χ1) is 12.2. The lowest BCUT2D eigenvalue weighted by Crippen LogP contribution is -2.25. The Morgan fingerprint density at radius 3 is 2.96 bits per heavy atom. The Labute approximate surface area is 148 Å². The number of hydrogen-bond donors (Lipinski definition) is 3. The maximum Gasteiger partial charge on any atom is 0.259 e. The number of phenolic OH excluding ortho intramolecular Hbond substituents is 1. The molecular weight excluding hydrogens is 340 g/mol. The zero-order valence-electron chi connectivity index (χ0n) is 13.4. The van der Waals surface area contributed by atoms with Crippen LogP contribution in [0.3, 0.4) is 0 Å². The molecular formula is C17H16N4O3S. The van der Waals surface area contributed by atoms with Gasteiger partial charge in [-0.15, -0.1) is 0 Å². The van der Waals surface area contributed by atoms with Crippen LogP contribution in [-0.4, -0.2) is 35.9 Å². The second-order valence-electron chi connectivity index (χ2n) is 5.06. The lowest BCUT2D eigenvalue weighted by atomic mass is 10.2. The van der Waals surface area contributed by atoms with Crippen molar-refractivity contribution in [3.8, 4) is 11.5 Å². The normalized spacial score (nSPS) is 10.9. The fourth-order valence-electron chi connectivity index (χ4n) is 2.11. The van der Waals surface area contributed by atoms with Crippen molar-refractivity contribution in [2.75, 3.05) is 19.0 Å². The first-order valence-electron chi connectivity index (χ1n) is 7.44. The van der Waals surface area contributed by atoms with Crippen LogP contribution in [0.1, 0.15) is 5.56 Å². The summed E-state index contributed by atoms with van der Waals surface area (Å²) >= 11 is 1.48. The van der Waals surface area contributed by atoms with Crippen molar-refractivity contribution >= 4 is 38.8 Å². The molecule has 0 saturated carbocycles. The number of methoxy groups -OCH3 is 1. The van der Waals surface area contributed by atoms with Crippen LogP contribution in [0.2, 0.25) is 0 Å². The van der Waals surface area contributed by atoms with Gasteiger partial charge in [0.25, 0.3) is 5.91 Å². The van der Waals surface area contributed by atoms with E-state index in [0.29, 0.717) is 16.4 Å². The number of para-hydroxylation sites is 1. The summed E-state index contributed by atoms with van der Waals surface area (Å²) in [5.41, 5.74) is 3.95. The average molecular weight is 356 g/mol. The second-order valence-corrected chi connectivity index (χ2v) is 6.10. The van der Waals surface area contributed by atoms with Crippen LogP contribution >= 0.6 is 11.3 Å². The van der Waals surface area contributed by atoms with Crippen LogP contribution in [0.15, 0.2) is 47.6 Å². The van der Waals surface area contributed by atoms with Crippen molar-refractivity contribution in [2.45, 2.75) is 0 Å². The van der Waals surface area contributed by atoms with Gasteiger partial charge in [-0.25, -0.2) is 10.4 Å². The highest BCUT2D eigenvalue weighted by molar-refractivity contribution is 7.22. The summed E-state index contributed by atoms with van der Waals surface area (Å²) in [5.74, 6) is 0.0877. The van der Waals surface area contributed by atoms with Gasteiger partial charge >= 0.3 is 0 Å². The van der Waals surface area contributed by atoms with Crippen LogP contribution in [0.5, 0.6) is 11.5 Å². The van der Waals surface area contributed by atoms with Crippen LogP contribution in [0.4, 0.5) is 5.13 Å². The predicted octanol–water partition coefficient (Wildman–Crippen LogP) is 2.57. The van der Waals surface area contributed by atoms with E-state index in [1.165, 1.54) is 30.7 Å². The molecule has 0 aliphatic heterocycles. The molecule has 0 saturated heterocycles. The molecule has 3 rings (SSSR count). The number of carbonyl (C=O) groups is 1. The molecule has 0 atom stereocenters. The summed E-state index contributed by atoms with van der Waals surface area (Å²) in [7, 11) is 1.47. The van der Waals surface area contributed by atoms with Crippen molar-refractivity contribution in [3.63, 3.8) is 0 Å². The first kappa shape index (κ1) is 16.7. The highest BCUT2D eigenvalue weighted by Crippen LogP contribution is 2.26. The van der Waals surface area contributed by atoms with E-state index in [1.807, 2.05) is 24.3 Å². The number of amides is 1. The number of fused-ring (bicyclic) bond motifs is 1. The molecule has 25 heavy (non-hydrogen) atoms. The lowest BCUT2D eigenvalue weighted by molar-refractivity contribution is -0.119. The van der Waals surface area contributed by atoms with Gasteiger partial charge in [-0.2, -0.15) is 5.10 Å². The summed E-state index contributed by atoms with van der Waals surface area (Å²) < 4.78 is 6.02. The number of aromatic hydroxyl groups is 1. The van der Waals surface area contributed by atoms with Gasteiger partial charge in [-0.05, 0) is 35.9 Å². The third-order valence-corrected chi connectivity index (χ3v) is 4.29. The summed E-state index contributed by atoms with van der Waals surface area (Å²) in [6.45, 7) is 0.0605. The number of hydrogen-bond acceptors (Lipinski definition) is 7. The molecule has 2 aromatic carbocycles. The number of aromatic nitrogens is 1. The summed E-state index contributed by atoms with van der Waals surface area (Å²) in [4.78, 5) is 16.2. The van der Waals surface area contributed by atoms with Gasteiger partial charge in [-0.3, -0.25) is 4.79 Å². The van der Waals surface area contributed by atoms with Gasteiger partial charge in [0.05, 0.1) is 30.1 Å². The number of anilines is 1. The zero-order chi connectivity index (χ0) is 17.6. The standard InChI is InChI=1S/C17H16N4O3S/c1-24-14-7-6-11(8-13(14)22)9-19-21-16(23)10-18-17-20-12-4-2-3-5-15(12)25-17/h2-9,22H,10H2,1H3,(H,18,20)(H,21,23)/b19-9-. The fraction of sp³-hybridized carbons (Fsp3) is 0.118. The van der Waals surface area contributed by atoms with E-state index in [1.54, 1.807) is 12.1 Å². The minimum Gasteiger partial charge on any atom is -0.504 e. The number of rotatable bonds is 6. The number of phenols is 1. The minimum atomic E-state index is -0.298. The summed E-state index contributed by atoms with van der Waals surface area (Å²) in [6.07, 6.45) is 1.44. The number of carbonyl (C=O) groups excluding carboxylic acids is 1. The van der Waals surface area contributed by atoms with Crippen molar-refractivity contribution in [1.29, 1.82) is 0 Å². The van der Waals surface area contributed by atoms with Crippen LogP contribution in [0.25, 0.3) is 10.2 Å². The summed E-state index contributed by atoms with van der Waals surface area (Å²) in [6, 6.07) is 12.6. The predicted molar refractivity (Wildman–Crippen MR) is 98.5 cm³/mol. The number of hydrazone groups is 1. The molecule has 1 amide bonds.